The molecule has 3 nitrogen and oxygen atoms in total. The molecule has 0 saturated heterocycles. The van der Waals surface area contributed by atoms with Gasteiger partial charge in [-0.05, 0) is 39.3 Å². The van der Waals surface area contributed by atoms with Crippen molar-refractivity contribution in [1.82, 2.24) is 15.5 Å². The van der Waals surface area contributed by atoms with E-state index in [2.05, 4.69) is 42.4 Å². The van der Waals surface area contributed by atoms with Crippen LogP contribution in [0.15, 0.2) is 6.07 Å². The van der Waals surface area contributed by atoms with E-state index in [1.165, 1.54) is 20.9 Å². The van der Waals surface area contributed by atoms with Crippen molar-refractivity contribution in [3.63, 3.8) is 0 Å². The third-order valence-corrected chi connectivity index (χ3v) is 4.25. The Morgan fingerprint density at radius 2 is 2.00 bits per heavy atom. The Morgan fingerprint density at radius 3 is 2.53 bits per heavy atom. The number of aromatic nitrogens is 2. The molecule has 4 heteroatoms. The van der Waals surface area contributed by atoms with Crippen LogP contribution >= 0.6 is 11.3 Å². The molecule has 0 radical (unpaired) electrons. The second-order valence-corrected chi connectivity index (χ2v) is 5.81. The fourth-order valence-corrected chi connectivity index (χ4v) is 2.91. The van der Waals surface area contributed by atoms with Crippen LogP contribution < -0.4 is 5.32 Å². The summed E-state index contributed by atoms with van der Waals surface area (Å²) in [4.78, 5) is 2.82. The Hall–Kier alpha value is -1.13. The second-order valence-electron chi connectivity index (χ2n) is 4.47. The average molecular weight is 249 g/mol. The van der Waals surface area contributed by atoms with E-state index in [0.717, 1.165) is 24.5 Å². The summed E-state index contributed by atoms with van der Waals surface area (Å²) in [6.45, 7) is 10.3. The fraction of sp³-hybridized carbons (Fsp3) is 0.462. The Balaban J connectivity index is 1.92. The molecular formula is C13H19N3S. The standard InChI is InChI=1S/C13H19N3S/c1-8-5-12(17-11(8)4)6-14-7-13-9(2)15-16-10(13)3/h5,14H,6-7H2,1-4H3,(H,15,16). The topological polar surface area (TPSA) is 40.7 Å². The van der Waals surface area contributed by atoms with Crippen LogP contribution in [0.5, 0.6) is 0 Å². The highest BCUT2D eigenvalue weighted by Gasteiger charge is 2.06. The third kappa shape index (κ3) is 2.76. The Bertz CT molecular complexity index is 472. The number of hydrogen-bond donors (Lipinski definition) is 2. The number of hydrogen-bond acceptors (Lipinski definition) is 3. The smallest absolute Gasteiger partial charge is 0.0638 e. The molecule has 2 rings (SSSR count). The first-order chi connectivity index (χ1) is 8.08. The molecule has 0 spiro atoms. The van der Waals surface area contributed by atoms with Crippen molar-refractivity contribution >= 4 is 11.3 Å². The van der Waals surface area contributed by atoms with Crippen LogP contribution in [0, 0.1) is 27.7 Å². The maximum Gasteiger partial charge on any atom is 0.0638 e. The molecule has 0 unspecified atom stereocenters. The van der Waals surface area contributed by atoms with Crippen LogP contribution in [0.25, 0.3) is 0 Å². The summed E-state index contributed by atoms with van der Waals surface area (Å²) in [5.74, 6) is 0. The van der Waals surface area contributed by atoms with Gasteiger partial charge < -0.3 is 5.32 Å². The number of thiophene rings is 1. The number of aromatic amines is 1. The quantitative estimate of drug-likeness (QED) is 0.874. The third-order valence-electron chi connectivity index (χ3n) is 3.10. The maximum absolute atomic E-state index is 4.20. The summed E-state index contributed by atoms with van der Waals surface area (Å²) in [6.07, 6.45) is 0. The number of aryl methyl sites for hydroxylation is 4. The summed E-state index contributed by atoms with van der Waals surface area (Å²) in [7, 11) is 0. The van der Waals surface area contributed by atoms with Crippen molar-refractivity contribution in [3.8, 4) is 0 Å². The number of nitrogens with zero attached hydrogens (tertiary/aromatic N) is 1. The van der Waals surface area contributed by atoms with E-state index in [1.807, 2.05) is 18.3 Å². The Morgan fingerprint density at radius 1 is 1.24 bits per heavy atom. The van der Waals surface area contributed by atoms with Crippen LogP contribution in [0.3, 0.4) is 0 Å². The minimum absolute atomic E-state index is 0.879. The lowest BCUT2D eigenvalue weighted by atomic mass is 10.2. The molecule has 0 bridgehead atoms. The molecule has 0 aliphatic carbocycles. The summed E-state index contributed by atoms with van der Waals surface area (Å²) < 4.78 is 0. The van der Waals surface area contributed by atoms with Gasteiger partial charge in [0.2, 0.25) is 0 Å². The summed E-state index contributed by atoms with van der Waals surface area (Å²) >= 11 is 1.87. The van der Waals surface area contributed by atoms with Crippen LogP contribution in [0.1, 0.15) is 32.3 Å². The highest BCUT2D eigenvalue weighted by Crippen LogP contribution is 2.20. The van der Waals surface area contributed by atoms with E-state index in [-0.39, 0.29) is 0 Å². The molecule has 0 aliphatic rings. The van der Waals surface area contributed by atoms with Crippen LogP contribution in [0.4, 0.5) is 0 Å². The number of H-pyrrole nitrogens is 1. The highest BCUT2D eigenvalue weighted by molar-refractivity contribution is 7.12. The Labute approximate surface area is 106 Å². The molecule has 17 heavy (non-hydrogen) atoms. The normalized spacial score (nSPS) is 11.1. The molecule has 0 fully saturated rings. The van der Waals surface area contributed by atoms with Crippen molar-refractivity contribution in [3.05, 3.63) is 38.3 Å². The molecule has 2 aromatic heterocycles. The fourth-order valence-electron chi connectivity index (χ4n) is 1.88. The summed E-state index contributed by atoms with van der Waals surface area (Å²) in [5, 5.41) is 10.7. The van der Waals surface area contributed by atoms with Gasteiger partial charge >= 0.3 is 0 Å². The first-order valence-corrected chi connectivity index (χ1v) is 6.66. The first kappa shape index (κ1) is 12.3. The number of rotatable bonds is 4. The monoisotopic (exact) mass is 249 g/mol. The van der Waals surface area contributed by atoms with E-state index in [0.29, 0.717) is 0 Å². The lowest BCUT2D eigenvalue weighted by Crippen LogP contribution is -2.12. The minimum Gasteiger partial charge on any atom is -0.308 e. The van der Waals surface area contributed by atoms with Crippen molar-refractivity contribution in [2.45, 2.75) is 40.8 Å². The van der Waals surface area contributed by atoms with Gasteiger partial charge in [0.05, 0.1) is 5.69 Å². The van der Waals surface area contributed by atoms with Crippen molar-refractivity contribution < 1.29 is 0 Å². The molecule has 0 aliphatic heterocycles. The predicted molar refractivity (Wildman–Crippen MR) is 72.4 cm³/mol. The molecule has 2 aromatic rings. The van der Waals surface area contributed by atoms with Crippen LogP contribution in [-0.4, -0.2) is 10.2 Å². The van der Waals surface area contributed by atoms with E-state index in [1.54, 1.807) is 0 Å². The van der Waals surface area contributed by atoms with Crippen LogP contribution in [-0.2, 0) is 13.1 Å². The van der Waals surface area contributed by atoms with Gasteiger partial charge in [0, 0.05) is 34.1 Å². The van der Waals surface area contributed by atoms with E-state index >= 15 is 0 Å². The lowest BCUT2D eigenvalue weighted by molar-refractivity contribution is 0.695. The van der Waals surface area contributed by atoms with Gasteiger partial charge in [-0.25, -0.2) is 0 Å². The van der Waals surface area contributed by atoms with E-state index in [9.17, 15) is 0 Å². The molecule has 0 atom stereocenters. The number of nitrogens with one attached hydrogen (secondary N) is 2. The zero-order valence-corrected chi connectivity index (χ0v) is 11.7. The van der Waals surface area contributed by atoms with Gasteiger partial charge in [0.25, 0.3) is 0 Å². The zero-order valence-electron chi connectivity index (χ0n) is 10.8. The predicted octanol–water partition coefficient (Wildman–Crippen LogP) is 2.99. The van der Waals surface area contributed by atoms with Crippen molar-refractivity contribution in [2.75, 3.05) is 0 Å². The molecule has 92 valence electrons. The maximum atomic E-state index is 4.20. The van der Waals surface area contributed by atoms with Crippen LogP contribution in [0.2, 0.25) is 0 Å². The molecule has 0 aromatic carbocycles. The minimum atomic E-state index is 0.879. The zero-order chi connectivity index (χ0) is 12.4. The average Bonchev–Trinajstić information content (AvgIpc) is 2.75. The highest BCUT2D eigenvalue weighted by atomic mass is 32.1. The first-order valence-electron chi connectivity index (χ1n) is 5.85. The molecule has 0 amide bonds. The summed E-state index contributed by atoms with van der Waals surface area (Å²) in [6, 6.07) is 2.27. The van der Waals surface area contributed by atoms with Gasteiger partial charge in [0.1, 0.15) is 0 Å². The molecule has 0 saturated carbocycles. The molecule has 2 N–H and O–H groups in total. The van der Waals surface area contributed by atoms with E-state index < -0.39 is 0 Å². The molecule has 2 heterocycles. The van der Waals surface area contributed by atoms with Crippen molar-refractivity contribution in [2.24, 2.45) is 0 Å². The Kier molecular flexibility index (Phi) is 3.64. The van der Waals surface area contributed by atoms with Gasteiger partial charge in [0.15, 0.2) is 0 Å². The van der Waals surface area contributed by atoms with Gasteiger partial charge in [-0.3, -0.25) is 5.10 Å². The largest absolute Gasteiger partial charge is 0.308 e. The molecular weight excluding hydrogens is 230 g/mol. The van der Waals surface area contributed by atoms with E-state index in [4.69, 9.17) is 0 Å². The van der Waals surface area contributed by atoms with Crippen molar-refractivity contribution in [1.29, 1.82) is 0 Å². The lowest BCUT2D eigenvalue weighted by Gasteiger charge is -2.03. The van der Waals surface area contributed by atoms with Gasteiger partial charge in [-0.1, -0.05) is 0 Å². The SMILES string of the molecule is Cc1cc(CNCc2c(C)n[nH]c2C)sc1C. The summed E-state index contributed by atoms with van der Waals surface area (Å²) in [5.41, 5.74) is 4.93. The second kappa shape index (κ2) is 5.02. The van der Waals surface area contributed by atoms with Gasteiger partial charge in [-0.15, -0.1) is 11.3 Å². The van der Waals surface area contributed by atoms with Gasteiger partial charge in [-0.2, -0.15) is 5.10 Å².